The molecular formula is C20H28IN5O2. The van der Waals surface area contributed by atoms with Crippen LogP contribution in [0.2, 0.25) is 0 Å². The van der Waals surface area contributed by atoms with Crippen LogP contribution in [0.5, 0.6) is 5.75 Å². The van der Waals surface area contributed by atoms with Crippen LogP contribution in [0.25, 0.3) is 0 Å². The van der Waals surface area contributed by atoms with Crippen molar-refractivity contribution >= 4 is 41.7 Å². The SMILES string of the molecule is CN=C(NCCCOc1ccccc1)NCCC(=O)Nc1cccc(C)n1.I. The summed E-state index contributed by atoms with van der Waals surface area (Å²) in [5.74, 6) is 2.01. The lowest BCUT2D eigenvalue weighted by Crippen LogP contribution is -2.39. The van der Waals surface area contributed by atoms with Gasteiger partial charge in [-0.25, -0.2) is 4.98 Å². The minimum atomic E-state index is -0.0904. The molecule has 0 aliphatic rings. The van der Waals surface area contributed by atoms with E-state index in [4.69, 9.17) is 4.74 Å². The zero-order valence-electron chi connectivity index (χ0n) is 16.3. The van der Waals surface area contributed by atoms with Crippen LogP contribution in [0, 0.1) is 6.92 Å². The molecule has 1 aromatic carbocycles. The molecule has 3 N–H and O–H groups in total. The van der Waals surface area contributed by atoms with E-state index in [0.717, 1.165) is 24.4 Å². The Labute approximate surface area is 183 Å². The van der Waals surface area contributed by atoms with Gasteiger partial charge in [0.2, 0.25) is 5.91 Å². The molecule has 0 aliphatic heterocycles. The van der Waals surface area contributed by atoms with E-state index < -0.39 is 0 Å². The molecule has 7 nitrogen and oxygen atoms in total. The molecule has 28 heavy (non-hydrogen) atoms. The van der Waals surface area contributed by atoms with E-state index in [1.807, 2.05) is 49.4 Å². The Balaban J connectivity index is 0.00000392. The number of hydrogen-bond acceptors (Lipinski definition) is 4. The molecule has 0 fully saturated rings. The second-order valence-electron chi connectivity index (χ2n) is 5.90. The Morgan fingerprint density at radius 1 is 1.07 bits per heavy atom. The van der Waals surface area contributed by atoms with E-state index in [1.165, 1.54) is 0 Å². The zero-order chi connectivity index (χ0) is 19.3. The number of aliphatic imine (C=N–C) groups is 1. The van der Waals surface area contributed by atoms with Gasteiger partial charge in [0, 0.05) is 32.3 Å². The molecule has 0 saturated carbocycles. The number of nitrogens with zero attached hydrogens (tertiary/aromatic N) is 2. The lowest BCUT2D eigenvalue weighted by Gasteiger charge is -2.12. The molecule has 152 valence electrons. The Morgan fingerprint density at radius 3 is 2.54 bits per heavy atom. The fraction of sp³-hybridized carbons (Fsp3) is 0.350. The summed E-state index contributed by atoms with van der Waals surface area (Å²) in [6.45, 7) is 3.72. The van der Waals surface area contributed by atoms with Crippen molar-refractivity contribution < 1.29 is 9.53 Å². The molecule has 1 amide bonds. The number of aromatic nitrogens is 1. The standard InChI is InChI=1S/C20H27N5O2.HI/c1-16-8-6-11-18(24-16)25-19(26)12-14-23-20(21-2)22-13-7-15-27-17-9-4-3-5-10-17;/h3-6,8-11H,7,12-15H2,1-2H3,(H2,21,22,23)(H,24,25,26);1H. The van der Waals surface area contributed by atoms with Gasteiger partial charge in [-0.05, 0) is 37.6 Å². The maximum Gasteiger partial charge on any atom is 0.227 e. The number of benzene rings is 1. The van der Waals surface area contributed by atoms with Crippen molar-refractivity contribution in [3.05, 3.63) is 54.2 Å². The molecule has 1 aromatic heterocycles. The third kappa shape index (κ3) is 9.54. The first-order chi connectivity index (χ1) is 13.2. The minimum Gasteiger partial charge on any atom is -0.494 e. The molecule has 0 spiro atoms. The zero-order valence-corrected chi connectivity index (χ0v) is 18.6. The van der Waals surface area contributed by atoms with E-state index in [1.54, 1.807) is 13.1 Å². The van der Waals surface area contributed by atoms with Crippen molar-refractivity contribution in [1.29, 1.82) is 0 Å². The molecule has 8 heteroatoms. The van der Waals surface area contributed by atoms with Gasteiger partial charge < -0.3 is 20.7 Å². The fourth-order valence-electron chi connectivity index (χ4n) is 2.32. The van der Waals surface area contributed by atoms with Crippen molar-refractivity contribution in [2.45, 2.75) is 19.8 Å². The number of pyridine rings is 1. The van der Waals surface area contributed by atoms with Gasteiger partial charge in [0.05, 0.1) is 6.61 Å². The molecular weight excluding hydrogens is 469 g/mol. The summed E-state index contributed by atoms with van der Waals surface area (Å²) < 4.78 is 5.64. The minimum absolute atomic E-state index is 0. The van der Waals surface area contributed by atoms with Gasteiger partial charge in [-0.2, -0.15) is 0 Å². The smallest absolute Gasteiger partial charge is 0.227 e. The third-order valence-electron chi connectivity index (χ3n) is 3.65. The maximum atomic E-state index is 12.0. The van der Waals surface area contributed by atoms with Gasteiger partial charge in [-0.1, -0.05) is 24.3 Å². The molecule has 0 unspecified atom stereocenters. The Bertz CT molecular complexity index is 740. The predicted molar refractivity (Wildman–Crippen MR) is 124 cm³/mol. The van der Waals surface area contributed by atoms with E-state index >= 15 is 0 Å². The number of carbonyl (C=O) groups is 1. The van der Waals surface area contributed by atoms with Crippen molar-refractivity contribution in [2.24, 2.45) is 4.99 Å². The summed E-state index contributed by atoms with van der Waals surface area (Å²) in [5, 5.41) is 9.11. The summed E-state index contributed by atoms with van der Waals surface area (Å²) >= 11 is 0. The molecule has 0 saturated heterocycles. The number of hydrogen-bond donors (Lipinski definition) is 3. The van der Waals surface area contributed by atoms with Crippen molar-refractivity contribution in [1.82, 2.24) is 15.6 Å². The van der Waals surface area contributed by atoms with Crippen LogP contribution in [-0.2, 0) is 4.79 Å². The number of para-hydroxylation sites is 1. The van der Waals surface area contributed by atoms with Crippen molar-refractivity contribution in [2.75, 3.05) is 32.1 Å². The number of amides is 1. The number of aryl methyl sites for hydroxylation is 1. The van der Waals surface area contributed by atoms with Crippen LogP contribution < -0.4 is 20.7 Å². The number of halogens is 1. The third-order valence-corrected chi connectivity index (χ3v) is 3.65. The summed E-state index contributed by atoms with van der Waals surface area (Å²) in [6, 6.07) is 15.3. The average Bonchev–Trinajstić information content (AvgIpc) is 2.67. The van der Waals surface area contributed by atoms with E-state index in [-0.39, 0.29) is 29.9 Å². The fourth-order valence-corrected chi connectivity index (χ4v) is 2.32. The summed E-state index contributed by atoms with van der Waals surface area (Å²) in [6.07, 6.45) is 1.17. The highest BCUT2D eigenvalue weighted by Crippen LogP contribution is 2.08. The molecule has 2 rings (SSSR count). The van der Waals surface area contributed by atoms with E-state index in [9.17, 15) is 4.79 Å². The molecule has 0 atom stereocenters. The Kier molecular flexibility index (Phi) is 11.6. The first kappa shape index (κ1) is 23.7. The van der Waals surface area contributed by atoms with Crippen LogP contribution in [-0.4, -0.2) is 43.6 Å². The second-order valence-corrected chi connectivity index (χ2v) is 5.90. The van der Waals surface area contributed by atoms with E-state index in [0.29, 0.717) is 31.3 Å². The number of carbonyl (C=O) groups excluding carboxylic acids is 1. The predicted octanol–water partition coefficient (Wildman–Crippen LogP) is 2.97. The summed E-state index contributed by atoms with van der Waals surface area (Å²) in [7, 11) is 1.70. The van der Waals surface area contributed by atoms with Gasteiger partial charge in [0.1, 0.15) is 11.6 Å². The van der Waals surface area contributed by atoms with Gasteiger partial charge in [0.15, 0.2) is 5.96 Å². The summed E-state index contributed by atoms with van der Waals surface area (Å²) in [5.41, 5.74) is 0.867. The van der Waals surface area contributed by atoms with Gasteiger partial charge in [0.25, 0.3) is 0 Å². The molecule has 0 radical (unpaired) electrons. The van der Waals surface area contributed by atoms with E-state index in [2.05, 4.69) is 25.9 Å². The van der Waals surface area contributed by atoms with Crippen LogP contribution in [0.4, 0.5) is 5.82 Å². The normalized spacial score (nSPS) is 10.6. The first-order valence-corrected chi connectivity index (χ1v) is 9.03. The van der Waals surface area contributed by atoms with Crippen LogP contribution >= 0.6 is 24.0 Å². The largest absolute Gasteiger partial charge is 0.494 e. The van der Waals surface area contributed by atoms with Gasteiger partial charge in [-0.15, -0.1) is 24.0 Å². The van der Waals surface area contributed by atoms with Crippen LogP contribution in [0.3, 0.4) is 0 Å². The van der Waals surface area contributed by atoms with Gasteiger partial charge >= 0.3 is 0 Å². The topological polar surface area (TPSA) is 87.6 Å². The number of guanidine groups is 1. The highest BCUT2D eigenvalue weighted by molar-refractivity contribution is 14.0. The second kappa shape index (κ2) is 13.8. The van der Waals surface area contributed by atoms with Crippen LogP contribution in [0.15, 0.2) is 53.5 Å². The van der Waals surface area contributed by atoms with Gasteiger partial charge in [-0.3, -0.25) is 9.79 Å². The average molecular weight is 497 g/mol. The highest BCUT2D eigenvalue weighted by atomic mass is 127. The Morgan fingerprint density at radius 2 is 1.82 bits per heavy atom. The number of ether oxygens (including phenoxy) is 1. The molecule has 1 heterocycles. The number of rotatable bonds is 9. The lowest BCUT2D eigenvalue weighted by molar-refractivity contribution is -0.116. The first-order valence-electron chi connectivity index (χ1n) is 9.03. The molecule has 0 aliphatic carbocycles. The van der Waals surface area contributed by atoms with Crippen molar-refractivity contribution in [3.63, 3.8) is 0 Å². The number of anilines is 1. The summed E-state index contributed by atoms with van der Waals surface area (Å²) in [4.78, 5) is 20.4. The number of nitrogens with one attached hydrogen (secondary N) is 3. The highest BCUT2D eigenvalue weighted by Gasteiger charge is 2.04. The molecule has 0 bridgehead atoms. The lowest BCUT2D eigenvalue weighted by atomic mass is 10.3. The monoisotopic (exact) mass is 497 g/mol. The Hall–Kier alpha value is -2.36. The van der Waals surface area contributed by atoms with Crippen LogP contribution in [0.1, 0.15) is 18.5 Å². The maximum absolute atomic E-state index is 12.0. The quantitative estimate of drug-likeness (QED) is 0.215. The van der Waals surface area contributed by atoms with Crippen molar-refractivity contribution in [3.8, 4) is 5.75 Å². The molecule has 2 aromatic rings.